The number of anilines is 1. The molecule has 0 radical (unpaired) electrons. The molecule has 0 unspecified atom stereocenters. The zero-order valence-corrected chi connectivity index (χ0v) is 9.96. The van der Waals surface area contributed by atoms with Crippen LogP contribution in [-0.2, 0) is 0 Å². The Hall–Kier alpha value is -2.88. The number of nitrogens with two attached hydrogens (primary N) is 1. The number of hydrogen-bond acceptors (Lipinski definition) is 8. The molecule has 0 amide bonds. The number of imidazole rings is 1. The Morgan fingerprint density at radius 3 is 2.68 bits per heavy atom. The lowest BCUT2D eigenvalue weighted by atomic mass is 10.6. The monoisotopic (exact) mass is 258 g/mol. The number of aromatic nitrogens is 8. The largest absolute Gasteiger partial charge is 0.292 e. The summed E-state index contributed by atoms with van der Waals surface area (Å²) in [6.45, 7) is 1.84. The van der Waals surface area contributed by atoms with E-state index in [1.54, 1.807) is 17.0 Å². The van der Waals surface area contributed by atoms with Crippen LogP contribution < -0.4 is 11.3 Å². The molecule has 10 nitrogen and oxygen atoms in total. The van der Waals surface area contributed by atoms with Gasteiger partial charge in [-0.2, -0.15) is 24.7 Å². The minimum Gasteiger partial charge on any atom is -0.292 e. The van der Waals surface area contributed by atoms with E-state index in [0.29, 0.717) is 11.9 Å². The van der Waals surface area contributed by atoms with Gasteiger partial charge in [0.05, 0.1) is 0 Å². The molecule has 3 N–H and O–H groups in total. The Morgan fingerprint density at radius 1 is 1.21 bits per heavy atom. The SMILES string of the molecule is Cc1nccn1-c1nc(NN)nc(-n2cncn2)n1. The van der Waals surface area contributed by atoms with Crippen LogP contribution in [0.15, 0.2) is 25.0 Å². The molecular formula is C9H10N10. The third kappa shape index (κ3) is 1.99. The fourth-order valence-electron chi connectivity index (χ4n) is 1.53. The van der Waals surface area contributed by atoms with Gasteiger partial charge in [-0.15, -0.1) is 0 Å². The van der Waals surface area contributed by atoms with Crippen molar-refractivity contribution in [2.45, 2.75) is 6.92 Å². The van der Waals surface area contributed by atoms with Gasteiger partial charge in [0.25, 0.3) is 5.95 Å². The lowest BCUT2D eigenvalue weighted by Gasteiger charge is -2.07. The zero-order valence-electron chi connectivity index (χ0n) is 9.96. The highest BCUT2D eigenvalue weighted by Gasteiger charge is 2.11. The van der Waals surface area contributed by atoms with Gasteiger partial charge in [0.1, 0.15) is 18.5 Å². The first-order valence-electron chi connectivity index (χ1n) is 5.36. The Labute approximate surface area is 107 Å². The van der Waals surface area contributed by atoms with Crippen molar-refractivity contribution in [1.29, 1.82) is 0 Å². The average Bonchev–Trinajstić information content (AvgIpc) is 3.09. The zero-order chi connectivity index (χ0) is 13.2. The predicted molar refractivity (Wildman–Crippen MR) is 64.4 cm³/mol. The number of hydrogen-bond donors (Lipinski definition) is 2. The van der Waals surface area contributed by atoms with Gasteiger partial charge in [-0.25, -0.2) is 15.8 Å². The maximum Gasteiger partial charge on any atom is 0.258 e. The minimum atomic E-state index is 0.226. The van der Waals surface area contributed by atoms with Gasteiger partial charge in [-0.1, -0.05) is 0 Å². The normalized spacial score (nSPS) is 10.6. The van der Waals surface area contributed by atoms with Crippen LogP contribution in [0, 0.1) is 6.92 Å². The third-order valence-electron chi connectivity index (χ3n) is 2.41. The summed E-state index contributed by atoms with van der Waals surface area (Å²) in [5, 5.41) is 3.97. The molecule has 3 aromatic heterocycles. The molecular weight excluding hydrogens is 248 g/mol. The second kappa shape index (κ2) is 4.42. The van der Waals surface area contributed by atoms with E-state index in [4.69, 9.17) is 5.84 Å². The summed E-state index contributed by atoms with van der Waals surface area (Å²) in [5.74, 6) is 7.03. The molecule has 3 heterocycles. The molecule has 0 aliphatic rings. The maximum absolute atomic E-state index is 5.36. The Kier molecular flexibility index (Phi) is 2.61. The molecule has 0 aromatic carbocycles. The quantitative estimate of drug-likeness (QED) is 0.463. The number of aryl methyl sites for hydroxylation is 1. The van der Waals surface area contributed by atoms with E-state index in [2.05, 4.69) is 35.4 Å². The van der Waals surface area contributed by atoms with Crippen molar-refractivity contribution in [3.63, 3.8) is 0 Å². The van der Waals surface area contributed by atoms with Crippen LogP contribution in [0.4, 0.5) is 5.95 Å². The molecule has 0 spiro atoms. The fraction of sp³-hybridized carbons (Fsp3) is 0.111. The molecule has 96 valence electrons. The minimum absolute atomic E-state index is 0.226. The molecule has 0 bridgehead atoms. The summed E-state index contributed by atoms with van der Waals surface area (Å²) in [4.78, 5) is 20.5. The second-order valence-corrected chi connectivity index (χ2v) is 3.59. The van der Waals surface area contributed by atoms with Gasteiger partial charge in [-0.05, 0) is 6.92 Å². The number of nitrogens with one attached hydrogen (secondary N) is 1. The van der Waals surface area contributed by atoms with Crippen LogP contribution in [0.1, 0.15) is 5.82 Å². The van der Waals surface area contributed by atoms with E-state index in [1.807, 2.05) is 6.92 Å². The van der Waals surface area contributed by atoms with E-state index in [-0.39, 0.29) is 5.95 Å². The van der Waals surface area contributed by atoms with Gasteiger partial charge in [0, 0.05) is 12.4 Å². The molecule has 3 rings (SSSR count). The summed E-state index contributed by atoms with van der Waals surface area (Å²) in [6, 6.07) is 0. The van der Waals surface area contributed by atoms with Gasteiger partial charge in [0.2, 0.25) is 11.9 Å². The van der Waals surface area contributed by atoms with Gasteiger partial charge < -0.3 is 0 Å². The van der Waals surface area contributed by atoms with E-state index < -0.39 is 0 Å². The summed E-state index contributed by atoms with van der Waals surface area (Å²) in [6.07, 6.45) is 6.28. The van der Waals surface area contributed by atoms with Crippen molar-refractivity contribution >= 4 is 5.95 Å². The number of nitrogens with zero attached hydrogens (tertiary/aromatic N) is 8. The average molecular weight is 258 g/mol. The summed E-state index contributed by atoms with van der Waals surface area (Å²) < 4.78 is 3.13. The number of nitrogen functional groups attached to an aromatic ring is 1. The van der Waals surface area contributed by atoms with Crippen LogP contribution in [0.5, 0.6) is 0 Å². The molecule has 0 saturated heterocycles. The number of rotatable bonds is 3. The van der Waals surface area contributed by atoms with Crippen LogP contribution >= 0.6 is 0 Å². The van der Waals surface area contributed by atoms with Crippen LogP contribution in [0.25, 0.3) is 11.9 Å². The number of hydrazine groups is 1. The van der Waals surface area contributed by atoms with Gasteiger partial charge >= 0.3 is 0 Å². The summed E-state index contributed by atoms with van der Waals surface area (Å²) in [5.41, 5.74) is 2.39. The molecule has 0 aliphatic carbocycles. The highest BCUT2D eigenvalue weighted by atomic mass is 15.4. The van der Waals surface area contributed by atoms with Crippen molar-refractivity contribution < 1.29 is 0 Å². The summed E-state index contributed by atoms with van der Waals surface area (Å²) in [7, 11) is 0. The van der Waals surface area contributed by atoms with E-state index in [0.717, 1.165) is 5.82 Å². The first kappa shape index (κ1) is 11.2. The van der Waals surface area contributed by atoms with E-state index in [9.17, 15) is 0 Å². The molecule has 0 saturated carbocycles. The Bertz CT molecular complexity index is 685. The van der Waals surface area contributed by atoms with Crippen molar-refractivity contribution in [3.8, 4) is 11.9 Å². The molecule has 0 atom stereocenters. The van der Waals surface area contributed by atoms with E-state index in [1.165, 1.54) is 17.3 Å². The molecule has 0 fully saturated rings. The van der Waals surface area contributed by atoms with Gasteiger partial charge in [0.15, 0.2) is 0 Å². The maximum atomic E-state index is 5.36. The summed E-state index contributed by atoms with van der Waals surface area (Å²) >= 11 is 0. The standard InChI is InChI=1S/C9H10N10/c1-6-12-2-3-18(6)8-14-7(17-10)15-9(16-8)19-5-11-4-13-19/h2-5H,10H2,1H3,(H,14,15,16,17). The van der Waals surface area contributed by atoms with Crippen molar-refractivity contribution in [2.75, 3.05) is 5.43 Å². The van der Waals surface area contributed by atoms with Crippen LogP contribution in [0.3, 0.4) is 0 Å². The fourth-order valence-corrected chi connectivity index (χ4v) is 1.53. The van der Waals surface area contributed by atoms with E-state index >= 15 is 0 Å². The molecule has 19 heavy (non-hydrogen) atoms. The van der Waals surface area contributed by atoms with Crippen LogP contribution in [-0.4, -0.2) is 39.3 Å². The Balaban J connectivity index is 2.16. The Morgan fingerprint density at radius 2 is 2.05 bits per heavy atom. The molecule has 10 heteroatoms. The lowest BCUT2D eigenvalue weighted by Crippen LogP contribution is -2.16. The molecule has 3 aromatic rings. The smallest absolute Gasteiger partial charge is 0.258 e. The van der Waals surface area contributed by atoms with Crippen LogP contribution in [0.2, 0.25) is 0 Å². The van der Waals surface area contributed by atoms with Crippen molar-refractivity contribution in [2.24, 2.45) is 5.84 Å². The first-order valence-corrected chi connectivity index (χ1v) is 5.36. The predicted octanol–water partition coefficient (Wildman–Crippen LogP) is -0.768. The second-order valence-electron chi connectivity index (χ2n) is 3.59. The highest BCUT2D eigenvalue weighted by Crippen LogP contribution is 2.09. The lowest BCUT2D eigenvalue weighted by molar-refractivity contribution is 0.768. The molecule has 0 aliphatic heterocycles. The first-order chi connectivity index (χ1) is 9.28. The van der Waals surface area contributed by atoms with Crippen molar-refractivity contribution in [3.05, 3.63) is 30.9 Å². The van der Waals surface area contributed by atoms with Crippen molar-refractivity contribution in [1.82, 2.24) is 39.3 Å². The third-order valence-corrected chi connectivity index (χ3v) is 2.41. The van der Waals surface area contributed by atoms with Gasteiger partial charge in [-0.3, -0.25) is 9.99 Å². The highest BCUT2D eigenvalue weighted by molar-refractivity contribution is 5.31. The topological polar surface area (TPSA) is 125 Å².